The summed E-state index contributed by atoms with van der Waals surface area (Å²) in [5.41, 5.74) is 2.20. The molecule has 0 bridgehead atoms. The third-order valence-electron chi connectivity index (χ3n) is 4.99. The van der Waals surface area contributed by atoms with E-state index in [2.05, 4.69) is 10.2 Å². The third-order valence-corrected chi connectivity index (χ3v) is 6.48. The number of carbonyl (C=O) groups is 2. The second kappa shape index (κ2) is 8.77. The molecule has 154 valence electrons. The number of amides is 2. The van der Waals surface area contributed by atoms with Crippen LogP contribution in [0.15, 0.2) is 60.7 Å². The van der Waals surface area contributed by atoms with Crippen molar-refractivity contribution in [2.24, 2.45) is 0 Å². The second-order valence-corrected chi connectivity index (χ2v) is 8.34. The molecule has 1 aliphatic heterocycles. The topological polar surface area (TPSA) is 72.9 Å². The molecule has 2 N–H and O–H groups in total. The van der Waals surface area contributed by atoms with Gasteiger partial charge in [0.2, 0.25) is 0 Å². The molecule has 3 aromatic rings. The van der Waals surface area contributed by atoms with E-state index in [1.807, 2.05) is 54.6 Å². The molecule has 1 aromatic heterocycles. The molecule has 8 heteroatoms. The monoisotopic (exact) mass is 441 g/mol. The van der Waals surface area contributed by atoms with Crippen LogP contribution in [0.2, 0.25) is 5.02 Å². The zero-order chi connectivity index (χ0) is 21.1. The van der Waals surface area contributed by atoms with Crippen LogP contribution in [0.5, 0.6) is 0 Å². The van der Waals surface area contributed by atoms with Gasteiger partial charge in [0, 0.05) is 31.1 Å². The number of aromatic carboxylic acids is 1. The molecule has 0 unspecified atom stereocenters. The summed E-state index contributed by atoms with van der Waals surface area (Å²) in [6.07, 6.45) is 0. The fourth-order valence-electron chi connectivity index (χ4n) is 3.44. The summed E-state index contributed by atoms with van der Waals surface area (Å²) in [6, 6.07) is 18.6. The van der Waals surface area contributed by atoms with Crippen molar-refractivity contribution in [1.82, 2.24) is 4.90 Å². The van der Waals surface area contributed by atoms with Gasteiger partial charge < -0.3 is 20.2 Å². The predicted octanol–water partition coefficient (Wildman–Crippen LogP) is 5.12. The van der Waals surface area contributed by atoms with Crippen LogP contribution in [0, 0.1) is 0 Å². The number of para-hydroxylation sites is 1. The summed E-state index contributed by atoms with van der Waals surface area (Å²) < 4.78 is 0. The van der Waals surface area contributed by atoms with Gasteiger partial charge in [-0.3, -0.25) is 0 Å². The largest absolute Gasteiger partial charge is 0.477 e. The number of benzene rings is 2. The van der Waals surface area contributed by atoms with Crippen LogP contribution in [-0.4, -0.2) is 48.2 Å². The van der Waals surface area contributed by atoms with E-state index in [1.54, 1.807) is 11.0 Å². The zero-order valence-corrected chi connectivity index (χ0v) is 17.6. The molecule has 1 saturated heterocycles. The molecule has 2 amide bonds. The Bertz CT molecular complexity index is 1060. The molecule has 1 aliphatic rings. The summed E-state index contributed by atoms with van der Waals surface area (Å²) in [7, 11) is 0. The van der Waals surface area contributed by atoms with Crippen LogP contribution in [-0.2, 0) is 0 Å². The first-order valence-corrected chi connectivity index (χ1v) is 10.7. The van der Waals surface area contributed by atoms with Crippen LogP contribution >= 0.6 is 22.9 Å². The van der Waals surface area contributed by atoms with Crippen molar-refractivity contribution in [3.63, 3.8) is 0 Å². The Balaban J connectivity index is 1.45. The SMILES string of the molecule is O=C(O)c1sc(-c2ccccc2)cc1NC(=O)N1CCN(c2ccccc2Cl)CC1. The normalized spacial score (nSPS) is 13.9. The molecule has 0 spiro atoms. The van der Waals surface area contributed by atoms with Crippen molar-refractivity contribution >= 4 is 46.3 Å². The average molecular weight is 442 g/mol. The number of carboxylic acid groups (broad SMARTS) is 1. The fraction of sp³-hybridized carbons (Fsp3) is 0.182. The summed E-state index contributed by atoms with van der Waals surface area (Å²) in [4.78, 5) is 29.2. The molecule has 30 heavy (non-hydrogen) atoms. The predicted molar refractivity (Wildman–Crippen MR) is 121 cm³/mol. The Labute approximate surface area is 183 Å². The number of anilines is 2. The van der Waals surface area contributed by atoms with Crippen molar-refractivity contribution in [3.05, 3.63) is 70.6 Å². The van der Waals surface area contributed by atoms with Gasteiger partial charge in [-0.1, -0.05) is 54.1 Å². The van der Waals surface area contributed by atoms with Gasteiger partial charge in [-0.15, -0.1) is 11.3 Å². The maximum absolute atomic E-state index is 12.8. The second-order valence-electron chi connectivity index (χ2n) is 6.88. The van der Waals surface area contributed by atoms with E-state index in [1.165, 1.54) is 0 Å². The van der Waals surface area contributed by atoms with E-state index in [0.29, 0.717) is 36.9 Å². The summed E-state index contributed by atoms with van der Waals surface area (Å²) >= 11 is 7.43. The number of rotatable bonds is 4. The fourth-order valence-corrected chi connectivity index (χ4v) is 4.65. The van der Waals surface area contributed by atoms with Gasteiger partial charge in [0.05, 0.1) is 16.4 Å². The maximum Gasteiger partial charge on any atom is 0.348 e. The number of nitrogens with zero attached hydrogens (tertiary/aromatic N) is 2. The van der Waals surface area contributed by atoms with Gasteiger partial charge in [-0.05, 0) is 23.8 Å². The van der Waals surface area contributed by atoms with Gasteiger partial charge >= 0.3 is 12.0 Å². The Morgan fingerprint density at radius 1 is 0.967 bits per heavy atom. The van der Waals surface area contributed by atoms with E-state index >= 15 is 0 Å². The van der Waals surface area contributed by atoms with Crippen LogP contribution in [0.1, 0.15) is 9.67 Å². The quantitative estimate of drug-likeness (QED) is 0.589. The lowest BCUT2D eigenvalue weighted by molar-refractivity contribution is 0.0703. The molecule has 0 radical (unpaired) electrons. The van der Waals surface area contributed by atoms with Crippen LogP contribution in [0.4, 0.5) is 16.2 Å². The maximum atomic E-state index is 12.8. The molecule has 6 nitrogen and oxygen atoms in total. The highest BCUT2D eigenvalue weighted by Gasteiger charge is 2.25. The minimum atomic E-state index is -1.05. The molecule has 0 saturated carbocycles. The molecule has 2 heterocycles. The van der Waals surface area contributed by atoms with Crippen LogP contribution < -0.4 is 10.2 Å². The third kappa shape index (κ3) is 4.27. The number of halogens is 1. The molecule has 4 rings (SSSR count). The first-order valence-electron chi connectivity index (χ1n) is 9.51. The standard InChI is InChI=1S/C22H20ClN3O3S/c23-16-8-4-5-9-18(16)25-10-12-26(13-11-25)22(29)24-17-14-19(30-20(17)21(27)28)15-6-2-1-3-7-15/h1-9,14H,10-13H2,(H,24,29)(H,27,28). The lowest BCUT2D eigenvalue weighted by atomic mass is 10.2. The van der Waals surface area contributed by atoms with E-state index in [4.69, 9.17) is 11.6 Å². The van der Waals surface area contributed by atoms with Crippen molar-refractivity contribution in [3.8, 4) is 10.4 Å². The zero-order valence-electron chi connectivity index (χ0n) is 16.0. The summed E-state index contributed by atoms with van der Waals surface area (Å²) in [5, 5.41) is 13.0. The highest BCUT2D eigenvalue weighted by Crippen LogP contribution is 2.35. The number of hydrogen-bond donors (Lipinski definition) is 2. The van der Waals surface area contributed by atoms with E-state index in [-0.39, 0.29) is 10.9 Å². The highest BCUT2D eigenvalue weighted by atomic mass is 35.5. The smallest absolute Gasteiger partial charge is 0.348 e. The number of thiophene rings is 1. The van der Waals surface area contributed by atoms with Crippen molar-refractivity contribution in [2.75, 3.05) is 36.4 Å². The minimum absolute atomic E-state index is 0.122. The van der Waals surface area contributed by atoms with Gasteiger partial charge in [0.15, 0.2) is 0 Å². The number of carboxylic acids is 1. The molecule has 2 aromatic carbocycles. The lowest BCUT2D eigenvalue weighted by Gasteiger charge is -2.36. The van der Waals surface area contributed by atoms with Gasteiger partial charge in [-0.25, -0.2) is 9.59 Å². The first kappa shape index (κ1) is 20.3. The Hall–Kier alpha value is -3.03. The Morgan fingerprint density at radius 2 is 1.63 bits per heavy atom. The molecular formula is C22H20ClN3O3S. The lowest BCUT2D eigenvalue weighted by Crippen LogP contribution is -2.50. The van der Waals surface area contributed by atoms with Crippen LogP contribution in [0.3, 0.4) is 0 Å². The van der Waals surface area contributed by atoms with Gasteiger partial charge in [0.25, 0.3) is 0 Å². The summed E-state index contributed by atoms with van der Waals surface area (Å²) in [5.74, 6) is -1.05. The molecule has 0 atom stereocenters. The first-order chi connectivity index (χ1) is 14.5. The van der Waals surface area contributed by atoms with E-state index in [9.17, 15) is 14.7 Å². The van der Waals surface area contributed by atoms with Crippen molar-refractivity contribution in [1.29, 1.82) is 0 Å². The van der Waals surface area contributed by atoms with Crippen molar-refractivity contribution in [2.45, 2.75) is 0 Å². The number of piperazine rings is 1. The number of nitrogens with one attached hydrogen (secondary N) is 1. The number of carbonyl (C=O) groups excluding carboxylic acids is 1. The Morgan fingerprint density at radius 3 is 2.30 bits per heavy atom. The van der Waals surface area contributed by atoms with Crippen molar-refractivity contribution < 1.29 is 14.7 Å². The highest BCUT2D eigenvalue weighted by molar-refractivity contribution is 7.18. The van der Waals surface area contributed by atoms with E-state index in [0.717, 1.165) is 27.5 Å². The van der Waals surface area contributed by atoms with Crippen LogP contribution in [0.25, 0.3) is 10.4 Å². The van der Waals surface area contributed by atoms with E-state index < -0.39 is 5.97 Å². The van der Waals surface area contributed by atoms with Gasteiger partial charge in [0.1, 0.15) is 4.88 Å². The summed E-state index contributed by atoms with van der Waals surface area (Å²) in [6.45, 7) is 2.36. The minimum Gasteiger partial charge on any atom is -0.477 e. The molecule has 1 fully saturated rings. The molecule has 0 aliphatic carbocycles. The number of hydrogen-bond acceptors (Lipinski definition) is 4. The average Bonchev–Trinajstić information content (AvgIpc) is 3.19. The number of urea groups is 1. The van der Waals surface area contributed by atoms with Gasteiger partial charge in [-0.2, -0.15) is 0 Å². The molecular weight excluding hydrogens is 422 g/mol. The Kier molecular flexibility index (Phi) is 5.92.